The molecule has 0 aliphatic carbocycles. The van der Waals surface area contributed by atoms with Crippen LogP contribution in [0.5, 0.6) is 11.5 Å². The molecule has 0 saturated carbocycles. The standard InChI is InChI=1S/C20H25NO3/c1-14-5-8-18(9-6-14)24-17(4)20(22)21-11-12-23-19-10-7-15(2)13-16(19)3/h5-10,13,17H,11-12H2,1-4H3,(H,21,22)/t17-/m0/s1. The molecule has 2 aromatic carbocycles. The summed E-state index contributed by atoms with van der Waals surface area (Å²) in [4.78, 5) is 12.0. The maximum atomic E-state index is 12.0. The van der Waals surface area contributed by atoms with Crippen LogP contribution in [0.15, 0.2) is 42.5 Å². The first kappa shape index (κ1) is 17.9. The summed E-state index contributed by atoms with van der Waals surface area (Å²) in [5.74, 6) is 1.38. The predicted molar refractivity (Wildman–Crippen MR) is 95.7 cm³/mol. The van der Waals surface area contributed by atoms with E-state index in [1.807, 2.05) is 57.2 Å². The Labute approximate surface area is 143 Å². The van der Waals surface area contributed by atoms with E-state index in [-0.39, 0.29) is 5.91 Å². The van der Waals surface area contributed by atoms with Crippen molar-refractivity contribution in [1.29, 1.82) is 0 Å². The van der Waals surface area contributed by atoms with E-state index < -0.39 is 6.10 Å². The summed E-state index contributed by atoms with van der Waals surface area (Å²) in [6.07, 6.45) is -0.547. The summed E-state index contributed by atoms with van der Waals surface area (Å²) >= 11 is 0. The van der Waals surface area contributed by atoms with Gasteiger partial charge in [-0.2, -0.15) is 0 Å². The fraction of sp³-hybridized carbons (Fsp3) is 0.350. The Kier molecular flexibility index (Phi) is 6.24. The molecule has 4 nitrogen and oxygen atoms in total. The maximum absolute atomic E-state index is 12.0. The largest absolute Gasteiger partial charge is 0.491 e. The minimum atomic E-state index is -0.547. The van der Waals surface area contributed by atoms with E-state index in [1.165, 1.54) is 5.56 Å². The lowest BCUT2D eigenvalue weighted by molar-refractivity contribution is -0.127. The molecule has 1 atom stereocenters. The van der Waals surface area contributed by atoms with E-state index in [2.05, 4.69) is 11.4 Å². The first-order valence-corrected chi connectivity index (χ1v) is 8.17. The molecule has 0 fully saturated rings. The number of hydrogen-bond donors (Lipinski definition) is 1. The number of carbonyl (C=O) groups excluding carboxylic acids is 1. The lowest BCUT2D eigenvalue weighted by atomic mass is 10.1. The molecule has 0 unspecified atom stereocenters. The summed E-state index contributed by atoms with van der Waals surface area (Å²) < 4.78 is 11.3. The Balaban J connectivity index is 1.73. The first-order valence-electron chi connectivity index (χ1n) is 8.17. The Hall–Kier alpha value is -2.49. The van der Waals surface area contributed by atoms with Crippen molar-refractivity contribution in [1.82, 2.24) is 5.32 Å². The van der Waals surface area contributed by atoms with Crippen molar-refractivity contribution in [2.75, 3.05) is 13.2 Å². The molecule has 0 saturated heterocycles. The number of rotatable bonds is 7. The highest BCUT2D eigenvalue weighted by molar-refractivity contribution is 5.80. The van der Waals surface area contributed by atoms with Crippen molar-refractivity contribution in [2.24, 2.45) is 0 Å². The molecule has 0 aliphatic rings. The lowest BCUT2D eigenvalue weighted by Crippen LogP contribution is -2.38. The number of carbonyl (C=O) groups is 1. The molecule has 0 spiro atoms. The van der Waals surface area contributed by atoms with Gasteiger partial charge in [0, 0.05) is 0 Å². The summed E-state index contributed by atoms with van der Waals surface area (Å²) in [7, 11) is 0. The van der Waals surface area contributed by atoms with E-state index in [1.54, 1.807) is 6.92 Å². The van der Waals surface area contributed by atoms with Crippen LogP contribution in [-0.2, 0) is 4.79 Å². The Morgan fingerprint density at radius 1 is 1.04 bits per heavy atom. The van der Waals surface area contributed by atoms with Crippen LogP contribution in [0.3, 0.4) is 0 Å². The molecular weight excluding hydrogens is 302 g/mol. The van der Waals surface area contributed by atoms with Gasteiger partial charge < -0.3 is 14.8 Å². The van der Waals surface area contributed by atoms with Crippen molar-refractivity contribution >= 4 is 5.91 Å². The van der Waals surface area contributed by atoms with Crippen LogP contribution in [0, 0.1) is 20.8 Å². The molecule has 24 heavy (non-hydrogen) atoms. The van der Waals surface area contributed by atoms with Crippen LogP contribution in [0.2, 0.25) is 0 Å². The van der Waals surface area contributed by atoms with Gasteiger partial charge in [-0.05, 0) is 51.5 Å². The summed E-state index contributed by atoms with van der Waals surface area (Å²) in [5.41, 5.74) is 3.45. The van der Waals surface area contributed by atoms with Crippen LogP contribution in [-0.4, -0.2) is 25.2 Å². The minimum absolute atomic E-state index is 0.153. The van der Waals surface area contributed by atoms with Crippen LogP contribution < -0.4 is 14.8 Å². The Bertz CT molecular complexity index is 680. The molecule has 0 radical (unpaired) electrons. The van der Waals surface area contributed by atoms with Crippen LogP contribution >= 0.6 is 0 Å². The zero-order valence-corrected chi connectivity index (χ0v) is 14.8. The fourth-order valence-electron chi connectivity index (χ4n) is 2.31. The molecule has 2 aromatic rings. The average Bonchev–Trinajstić information content (AvgIpc) is 2.55. The highest BCUT2D eigenvalue weighted by Gasteiger charge is 2.14. The third-order valence-corrected chi connectivity index (χ3v) is 3.69. The van der Waals surface area contributed by atoms with E-state index in [0.29, 0.717) is 18.9 Å². The summed E-state index contributed by atoms with van der Waals surface area (Å²) in [6.45, 7) is 8.67. The number of ether oxygens (including phenoxy) is 2. The second kappa shape index (κ2) is 8.39. The van der Waals surface area contributed by atoms with E-state index in [4.69, 9.17) is 9.47 Å². The Morgan fingerprint density at radius 2 is 1.71 bits per heavy atom. The van der Waals surface area contributed by atoms with Gasteiger partial charge in [0.15, 0.2) is 6.10 Å². The fourth-order valence-corrected chi connectivity index (χ4v) is 2.31. The molecule has 0 aliphatic heterocycles. The third kappa shape index (κ3) is 5.30. The third-order valence-electron chi connectivity index (χ3n) is 3.69. The maximum Gasteiger partial charge on any atom is 0.260 e. The van der Waals surface area contributed by atoms with Crippen molar-refractivity contribution in [2.45, 2.75) is 33.8 Å². The first-order chi connectivity index (χ1) is 11.5. The Morgan fingerprint density at radius 3 is 2.38 bits per heavy atom. The molecule has 0 heterocycles. The van der Waals surface area contributed by atoms with E-state index in [0.717, 1.165) is 16.9 Å². The molecule has 0 aromatic heterocycles. The zero-order chi connectivity index (χ0) is 17.5. The molecule has 128 valence electrons. The number of aryl methyl sites for hydroxylation is 3. The van der Waals surface area contributed by atoms with E-state index >= 15 is 0 Å². The minimum Gasteiger partial charge on any atom is -0.491 e. The number of benzene rings is 2. The highest BCUT2D eigenvalue weighted by Crippen LogP contribution is 2.18. The molecule has 1 amide bonds. The normalized spacial score (nSPS) is 11.7. The monoisotopic (exact) mass is 327 g/mol. The van der Waals surface area contributed by atoms with Gasteiger partial charge in [-0.25, -0.2) is 0 Å². The van der Waals surface area contributed by atoms with Gasteiger partial charge in [-0.1, -0.05) is 35.4 Å². The molecule has 0 bridgehead atoms. The topological polar surface area (TPSA) is 47.6 Å². The van der Waals surface area contributed by atoms with Crippen molar-refractivity contribution in [3.63, 3.8) is 0 Å². The van der Waals surface area contributed by atoms with Gasteiger partial charge in [0.1, 0.15) is 18.1 Å². The van der Waals surface area contributed by atoms with Crippen molar-refractivity contribution in [3.05, 3.63) is 59.2 Å². The molecule has 2 rings (SSSR count). The number of nitrogens with one attached hydrogen (secondary N) is 1. The quantitative estimate of drug-likeness (QED) is 0.791. The van der Waals surface area contributed by atoms with Crippen molar-refractivity contribution in [3.8, 4) is 11.5 Å². The second-order valence-corrected chi connectivity index (χ2v) is 5.98. The van der Waals surface area contributed by atoms with Gasteiger partial charge >= 0.3 is 0 Å². The van der Waals surface area contributed by atoms with Gasteiger partial charge in [0.2, 0.25) is 0 Å². The highest BCUT2D eigenvalue weighted by atomic mass is 16.5. The summed E-state index contributed by atoms with van der Waals surface area (Å²) in [5, 5.41) is 2.83. The number of hydrogen-bond acceptors (Lipinski definition) is 3. The molecule has 4 heteroatoms. The van der Waals surface area contributed by atoms with Gasteiger partial charge in [0.05, 0.1) is 6.54 Å². The molecule has 1 N–H and O–H groups in total. The number of amides is 1. The SMILES string of the molecule is Cc1ccc(O[C@@H](C)C(=O)NCCOc2ccc(C)cc2C)cc1. The summed E-state index contributed by atoms with van der Waals surface area (Å²) in [6, 6.07) is 13.7. The van der Waals surface area contributed by atoms with Crippen molar-refractivity contribution < 1.29 is 14.3 Å². The van der Waals surface area contributed by atoms with Gasteiger partial charge in [-0.15, -0.1) is 0 Å². The molecular formula is C20H25NO3. The second-order valence-electron chi connectivity index (χ2n) is 5.98. The van der Waals surface area contributed by atoms with Gasteiger partial charge in [0.25, 0.3) is 5.91 Å². The zero-order valence-electron chi connectivity index (χ0n) is 14.8. The van der Waals surface area contributed by atoms with Crippen LogP contribution in [0.4, 0.5) is 0 Å². The predicted octanol–water partition coefficient (Wildman–Crippen LogP) is 3.57. The lowest BCUT2D eigenvalue weighted by Gasteiger charge is -2.15. The van der Waals surface area contributed by atoms with Gasteiger partial charge in [-0.3, -0.25) is 4.79 Å². The smallest absolute Gasteiger partial charge is 0.260 e. The van der Waals surface area contributed by atoms with E-state index in [9.17, 15) is 4.79 Å². The van der Waals surface area contributed by atoms with Crippen LogP contribution in [0.25, 0.3) is 0 Å². The van der Waals surface area contributed by atoms with Crippen LogP contribution in [0.1, 0.15) is 23.6 Å². The average molecular weight is 327 g/mol.